The number of carbonyl (C=O) groups is 1. The molecular formula is C20H25NOS. The van der Waals surface area contributed by atoms with Gasteiger partial charge in [0.1, 0.15) is 0 Å². The van der Waals surface area contributed by atoms with Crippen LogP contribution >= 0.6 is 11.3 Å². The minimum absolute atomic E-state index is 0.0185. The maximum absolute atomic E-state index is 12.5. The highest BCUT2D eigenvalue weighted by Gasteiger charge is 2.19. The van der Waals surface area contributed by atoms with Gasteiger partial charge in [-0.05, 0) is 29.3 Å². The Bertz CT molecular complexity index is 587. The maximum Gasteiger partial charge on any atom is 0.220 e. The average molecular weight is 327 g/mol. The Morgan fingerprint density at radius 3 is 2.57 bits per heavy atom. The van der Waals surface area contributed by atoms with Gasteiger partial charge in [0.05, 0.1) is 6.04 Å². The van der Waals surface area contributed by atoms with Crippen molar-refractivity contribution in [2.45, 2.75) is 51.0 Å². The van der Waals surface area contributed by atoms with E-state index in [1.54, 1.807) is 11.3 Å². The molecule has 1 saturated carbocycles. The van der Waals surface area contributed by atoms with Gasteiger partial charge in [0, 0.05) is 11.3 Å². The number of nitrogens with one attached hydrogen (secondary N) is 1. The largest absolute Gasteiger partial charge is 0.344 e. The molecule has 1 aromatic heterocycles. The van der Waals surface area contributed by atoms with Crippen molar-refractivity contribution in [1.29, 1.82) is 0 Å². The molecule has 2 aromatic rings. The first-order chi connectivity index (χ1) is 11.3. The third kappa shape index (κ3) is 4.68. The topological polar surface area (TPSA) is 29.1 Å². The van der Waals surface area contributed by atoms with E-state index < -0.39 is 0 Å². The highest BCUT2D eigenvalue weighted by Crippen LogP contribution is 2.28. The van der Waals surface area contributed by atoms with Crippen molar-refractivity contribution in [2.75, 3.05) is 0 Å². The Morgan fingerprint density at radius 2 is 1.87 bits per heavy atom. The Morgan fingerprint density at radius 1 is 1.09 bits per heavy atom. The van der Waals surface area contributed by atoms with Gasteiger partial charge < -0.3 is 5.32 Å². The van der Waals surface area contributed by atoms with Crippen molar-refractivity contribution in [2.24, 2.45) is 5.92 Å². The van der Waals surface area contributed by atoms with Gasteiger partial charge in [0.2, 0.25) is 5.91 Å². The predicted molar refractivity (Wildman–Crippen MR) is 96.6 cm³/mol. The zero-order valence-electron chi connectivity index (χ0n) is 13.5. The average Bonchev–Trinajstić information content (AvgIpc) is 3.14. The first kappa shape index (κ1) is 16.3. The van der Waals surface area contributed by atoms with E-state index >= 15 is 0 Å². The molecular weight excluding hydrogens is 302 g/mol. The van der Waals surface area contributed by atoms with Gasteiger partial charge in [-0.3, -0.25) is 4.79 Å². The van der Waals surface area contributed by atoms with Crippen LogP contribution in [0.2, 0.25) is 0 Å². The molecule has 1 aliphatic rings. The summed E-state index contributed by atoms with van der Waals surface area (Å²) < 4.78 is 0. The van der Waals surface area contributed by atoms with Crippen molar-refractivity contribution in [3.05, 3.63) is 58.3 Å². The number of hydrogen-bond acceptors (Lipinski definition) is 2. The summed E-state index contributed by atoms with van der Waals surface area (Å²) in [5, 5.41) is 5.32. The van der Waals surface area contributed by atoms with Gasteiger partial charge in [-0.1, -0.05) is 68.5 Å². The lowest BCUT2D eigenvalue weighted by Gasteiger charge is -2.22. The van der Waals surface area contributed by atoms with Crippen molar-refractivity contribution in [1.82, 2.24) is 5.32 Å². The van der Waals surface area contributed by atoms with Crippen LogP contribution in [0.4, 0.5) is 0 Å². The van der Waals surface area contributed by atoms with Gasteiger partial charge in [-0.2, -0.15) is 0 Å². The maximum atomic E-state index is 12.5. The molecule has 0 aliphatic heterocycles. The molecule has 1 amide bonds. The Hall–Kier alpha value is -1.61. The second-order valence-electron chi connectivity index (χ2n) is 6.47. The Labute approximate surface area is 142 Å². The molecule has 2 nitrogen and oxygen atoms in total. The summed E-state index contributed by atoms with van der Waals surface area (Å²) in [5.41, 5.74) is 1.15. The van der Waals surface area contributed by atoms with Crippen LogP contribution in [0.15, 0.2) is 47.8 Å². The van der Waals surface area contributed by atoms with Crippen LogP contribution < -0.4 is 5.32 Å². The summed E-state index contributed by atoms with van der Waals surface area (Å²) in [6.07, 6.45) is 8.36. The number of rotatable bonds is 6. The standard InChI is InChI=1S/C20H25NOS/c22-19(14-13-16-8-3-1-4-9-16)21-20(18-12-7-15-23-18)17-10-5-2-6-11-17/h2,5-7,10-12,15-16,20H,1,3-4,8-9,13-14H2,(H,21,22). The summed E-state index contributed by atoms with van der Waals surface area (Å²) in [7, 11) is 0. The van der Waals surface area contributed by atoms with Crippen molar-refractivity contribution in [3.8, 4) is 0 Å². The summed E-state index contributed by atoms with van der Waals surface area (Å²) in [6, 6.07) is 14.4. The van der Waals surface area contributed by atoms with E-state index in [1.165, 1.54) is 37.0 Å². The molecule has 0 saturated heterocycles. The lowest BCUT2D eigenvalue weighted by Crippen LogP contribution is -2.29. The molecule has 0 spiro atoms. The van der Waals surface area contributed by atoms with Crippen LogP contribution in [0.1, 0.15) is 61.4 Å². The zero-order valence-corrected chi connectivity index (χ0v) is 14.4. The van der Waals surface area contributed by atoms with E-state index in [1.807, 2.05) is 24.3 Å². The van der Waals surface area contributed by atoms with E-state index in [0.29, 0.717) is 6.42 Å². The molecule has 122 valence electrons. The molecule has 1 aromatic carbocycles. The minimum Gasteiger partial charge on any atom is -0.344 e. The fourth-order valence-corrected chi connectivity index (χ4v) is 4.27. The second-order valence-corrected chi connectivity index (χ2v) is 7.45. The third-order valence-corrected chi connectivity index (χ3v) is 5.71. The number of carbonyl (C=O) groups excluding carboxylic acids is 1. The number of hydrogen-bond donors (Lipinski definition) is 1. The molecule has 1 atom stereocenters. The number of benzene rings is 1. The SMILES string of the molecule is O=C(CCC1CCCCC1)NC(c1ccccc1)c1cccs1. The predicted octanol–water partition coefficient (Wildman–Crippen LogP) is 5.31. The first-order valence-corrected chi connectivity index (χ1v) is 9.58. The van der Waals surface area contributed by atoms with E-state index in [0.717, 1.165) is 17.9 Å². The summed E-state index contributed by atoms with van der Waals surface area (Å²) in [6.45, 7) is 0. The van der Waals surface area contributed by atoms with Crippen LogP contribution in [0.25, 0.3) is 0 Å². The highest BCUT2D eigenvalue weighted by molar-refractivity contribution is 7.10. The van der Waals surface area contributed by atoms with Crippen molar-refractivity contribution < 1.29 is 4.79 Å². The lowest BCUT2D eigenvalue weighted by atomic mass is 9.86. The number of thiophene rings is 1. The summed E-state index contributed by atoms with van der Waals surface area (Å²) >= 11 is 1.70. The Kier molecular flexibility index (Phi) is 5.87. The van der Waals surface area contributed by atoms with E-state index in [-0.39, 0.29) is 11.9 Å². The van der Waals surface area contributed by atoms with E-state index in [2.05, 4.69) is 28.9 Å². The molecule has 3 rings (SSSR count). The molecule has 23 heavy (non-hydrogen) atoms. The molecule has 1 heterocycles. The van der Waals surface area contributed by atoms with Gasteiger partial charge in [0.15, 0.2) is 0 Å². The molecule has 3 heteroatoms. The molecule has 1 unspecified atom stereocenters. The van der Waals surface area contributed by atoms with Crippen LogP contribution in [0.5, 0.6) is 0 Å². The van der Waals surface area contributed by atoms with E-state index in [4.69, 9.17) is 0 Å². The van der Waals surface area contributed by atoms with Crippen LogP contribution in [-0.2, 0) is 4.79 Å². The fourth-order valence-electron chi connectivity index (χ4n) is 3.46. The Balaban J connectivity index is 1.61. The molecule has 1 fully saturated rings. The quantitative estimate of drug-likeness (QED) is 0.765. The minimum atomic E-state index is -0.0185. The highest BCUT2D eigenvalue weighted by atomic mass is 32.1. The molecule has 1 aliphatic carbocycles. The monoisotopic (exact) mass is 327 g/mol. The molecule has 0 radical (unpaired) electrons. The zero-order chi connectivity index (χ0) is 15.9. The second kappa shape index (κ2) is 8.30. The van der Waals surface area contributed by atoms with Gasteiger partial charge in [-0.25, -0.2) is 0 Å². The summed E-state index contributed by atoms with van der Waals surface area (Å²) in [5.74, 6) is 0.934. The lowest BCUT2D eigenvalue weighted by molar-refractivity contribution is -0.121. The van der Waals surface area contributed by atoms with Gasteiger partial charge in [0.25, 0.3) is 0 Å². The number of amides is 1. The van der Waals surface area contributed by atoms with E-state index in [9.17, 15) is 4.79 Å². The van der Waals surface area contributed by atoms with Crippen molar-refractivity contribution >= 4 is 17.2 Å². The first-order valence-electron chi connectivity index (χ1n) is 8.70. The fraction of sp³-hybridized carbons (Fsp3) is 0.450. The molecule has 0 bridgehead atoms. The normalized spacial score (nSPS) is 16.9. The van der Waals surface area contributed by atoms with Crippen LogP contribution in [-0.4, -0.2) is 5.91 Å². The van der Waals surface area contributed by atoms with Gasteiger partial charge in [-0.15, -0.1) is 11.3 Å². The summed E-state index contributed by atoms with van der Waals surface area (Å²) in [4.78, 5) is 13.7. The third-order valence-electron chi connectivity index (χ3n) is 4.77. The van der Waals surface area contributed by atoms with Crippen LogP contribution in [0, 0.1) is 5.92 Å². The van der Waals surface area contributed by atoms with Crippen molar-refractivity contribution in [3.63, 3.8) is 0 Å². The van der Waals surface area contributed by atoms with Crippen LogP contribution in [0.3, 0.4) is 0 Å². The van der Waals surface area contributed by atoms with Gasteiger partial charge >= 0.3 is 0 Å². The smallest absolute Gasteiger partial charge is 0.220 e. The molecule has 1 N–H and O–H groups in total.